The van der Waals surface area contributed by atoms with Crippen molar-refractivity contribution in [2.75, 3.05) is 36.4 Å². The lowest BCUT2D eigenvalue weighted by atomic mass is 9.89. The average molecular weight is 538 g/mol. The summed E-state index contributed by atoms with van der Waals surface area (Å²) in [5, 5.41) is 4.79. The molecule has 4 aromatic rings. The Morgan fingerprint density at radius 3 is 2.20 bits per heavy atom. The summed E-state index contributed by atoms with van der Waals surface area (Å²) in [6.45, 7) is 4.09. The highest BCUT2D eigenvalue weighted by Gasteiger charge is 2.27. The number of nitrogens with zero attached hydrogens (tertiary/aromatic N) is 2. The standard InChI is InChI=1S/C33H32FN3O3/c1-23(38)35-29-15-11-27(12-16-29)33(40)37(31-8-4-6-24-5-2-3-7-30(24)31)22-21-36-19-17-26(18-20-36)32(39)25-9-13-28(34)14-10-25/h2-16,26H,17-22H2,1H3,(H,35,38). The number of ketones is 1. The van der Waals surface area contributed by atoms with Gasteiger partial charge >= 0.3 is 0 Å². The second-order valence-corrected chi connectivity index (χ2v) is 10.2. The first kappa shape index (κ1) is 27.2. The van der Waals surface area contributed by atoms with Crippen molar-refractivity contribution in [3.05, 3.63) is 108 Å². The quantitative estimate of drug-likeness (QED) is 0.273. The number of likely N-dealkylation sites (tertiary alicyclic amines) is 1. The van der Waals surface area contributed by atoms with Gasteiger partial charge in [-0.1, -0.05) is 36.4 Å². The molecular weight excluding hydrogens is 505 g/mol. The molecule has 0 saturated carbocycles. The second kappa shape index (κ2) is 12.2. The van der Waals surface area contributed by atoms with Crippen molar-refractivity contribution in [3.63, 3.8) is 0 Å². The third-order valence-electron chi connectivity index (χ3n) is 7.48. The normalized spacial score (nSPS) is 14.2. The number of hydrogen-bond acceptors (Lipinski definition) is 4. The summed E-state index contributed by atoms with van der Waals surface area (Å²) in [6.07, 6.45) is 1.45. The van der Waals surface area contributed by atoms with Gasteiger partial charge in [0.2, 0.25) is 5.91 Å². The topological polar surface area (TPSA) is 69.7 Å². The molecule has 0 aromatic heterocycles. The Balaban J connectivity index is 1.31. The van der Waals surface area contributed by atoms with Gasteiger partial charge in [0.25, 0.3) is 5.91 Å². The molecule has 40 heavy (non-hydrogen) atoms. The second-order valence-electron chi connectivity index (χ2n) is 10.2. The number of Topliss-reactive ketones (excluding diaryl/α,β-unsaturated/α-hetero) is 1. The number of nitrogens with one attached hydrogen (secondary N) is 1. The maximum atomic E-state index is 13.9. The predicted octanol–water partition coefficient (Wildman–Crippen LogP) is 6.18. The van der Waals surface area contributed by atoms with Crippen LogP contribution < -0.4 is 10.2 Å². The highest BCUT2D eigenvalue weighted by molar-refractivity contribution is 6.11. The lowest BCUT2D eigenvalue weighted by molar-refractivity contribution is -0.114. The van der Waals surface area contributed by atoms with Crippen LogP contribution in [-0.4, -0.2) is 48.7 Å². The van der Waals surface area contributed by atoms with Crippen molar-refractivity contribution in [2.24, 2.45) is 5.92 Å². The monoisotopic (exact) mass is 537 g/mol. The number of rotatable bonds is 8. The van der Waals surface area contributed by atoms with E-state index in [1.165, 1.54) is 19.1 Å². The molecule has 1 aliphatic heterocycles. The molecule has 1 aliphatic rings. The van der Waals surface area contributed by atoms with Crippen LogP contribution in [0.15, 0.2) is 91.0 Å². The largest absolute Gasteiger partial charge is 0.326 e. The Morgan fingerprint density at radius 2 is 1.50 bits per heavy atom. The van der Waals surface area contributed by atoms with Gasteiger partial charge in [0.05, 0.1) is 5.69 Å². The van der Waals surface area contributed by atoms with Crippen LogP contribution in [0.1, 0.15) is 40.5 Å². The molecule has 5 rings (SSSR count). The molecule has 0 spiro atoms. The first-order valence-electron chi connectivity index (χ1n) is 13.6. The average Bonchev–Trinajstić information content (AvgIpc) is 2.97. The molecule has 6 nitrogen and oxygen atoms in total. The number of carbonyl (C=O) groups excluding carboxylic acids is 3. The van der Waals surface area contributed by atoms with Crippen molar-refractivity contribution in [2.45, 2.75) is 19.8 Å². The summed E-state index contributed by atoms with van der Waals surface area (Å²) >= 11 is 0. The zero-order valence-corrected chi connectivity index (χ0v) is 22.5. The summed E-state index contributed by atoms with van der Waals surface area (Å²) in [4.78, 5) is 42.3. The first-order chi connectivity index (χ1) is 19.4. The zero-order chi connectivity index (χ0) is 28.1. The molecule has 7 heteroatoms. The SMILES string of the molecule is CC(=O)Nc1ccc(C(=O)N(CCN2CCC(C(=O)c3ccc(F)cc3)CC2)c2cccc3ccccc23)cc1. The number of carbonyl (C=O) groups is 3. The third kappa shape index (κ3) is 6.26. The van der Waals surface area contributed by atoms with Gasteiger partial charge in [-0.15, -0.1) is 0 Å². The molecule has 1 N–H and O–H groups in total. The number of piperidine rings is 1. The Bertz CT molecular complexity index is 1510. The third-order valence-corrected chi connectivity index (χ3v) is 7.48. The van der Waals surface area contributed by atoms with Crippen molar-refractivity contribution in [3.8, 4) is 0 Å². The van der Waals surface area contributed by atoms with E-state index in [0.29, 0.717) is 29.9 Å². The molecule has 1 saturated heterocycles. The molecule has 204 valence electrons. The van der Waals surface area contributed by atoms with Gasteiger partial charge in [-0.25, -0.2) is 4.39 Å². The number of halogens is 1. The van der Waals surface area contributed by atoms with Crippen LogP contribution in [0.4, 0.5) is 15.8 Å². The van der Waals surface area contributed by atoms with E-state index in [-0.39, 0.29) is 29.3 Å². The van der Waals surface area contributed by atoms with Crippen LogP contribution in [-0.2, 0) is 4.79 Å². The Labute approximate surface area is 233 Å². The molecule has 0 bridgehead atoms. The van der Waals surface area contributed by atoms with Crippen molar-refractivity contribution in [1.29, 1.82) is 0 Å². The molecule has 2 amide bonds. The number of anilines is 2. The van der Waals surface area contributed by atoms with E-state index in [1.54, 1.807) is 36.4 Å². The summed E-state index contributed by atoms with van der Waals surface area (Å²) in [5.74, 6) is -0.651. The van der Waals surface area contributed by atoms with Crippen LogP contribution in [0.3, 0.4) is 0 Å². The zero-order valence-electron chi connectivity index (χ0n) is 22.5. The van der Waals surface area contributed by atoms with E-state index in [1.807, 2.05) is 47.4 Å². The number of hydrogen-bond donors (Lipinski definition) is 1. The number of fused-ring (bicyclic) bond motifs is 1. The minimum Gasteiger partial charge on any atom is -0.326 e. The molecule has 0 aliphatic carbocycles. The van der Waals surface area contributed by atoms with Gasteiger partial charge in [-0.05, 0) is 85.9 Å². The van der Waals surface area contributed by atoms with Gasteiger partial charge in [0.15, 0.2) is 5.78 Å². The maximum absolute atomic E-state index is 13.9. The van der Waals surface area contributed by atoms with E-state index in [0.717, 1.165) is 42.4 Å². The first-order valence-corrected chi connectivity index (χ1v) is 13.6. The minimum absolute atomic E-state index is 0.0647. The van der Waals surface area contributed by atoms with E-state index in [4.69, 9.17) is 0 Å². The number of benzene rings is 4. The highest BCUT2D eigenvalue weighted by atomic mass is 19.1. The highest BCUT2D eigenvalue weighted by Crippen LogP contribution is 2.29. The van der Waals surface area contributed by atoms with Crippen molar-refractivity contribution >= 4 is 39.7 Å². The lowest BCUT2D eigenvalue weighted by Crippen LogP contribution is -2.43. The molecule has 1 fully saturated rings. The fourth-order valence-electron chi connectivity index (χ4n) is 5.34. The smallest absolute Gasteiger partial charge is 0.258 e. The van der Waals surface area contributed by atoms with Gasteiger partial charge < -0.3 is 15.1 Å². The molecule has 0 radical (unpaired) electrons. The lowest BCUT2D eigenvalue weighted by Gasteiger charge is -2.33. The predicted molar refractivity (Wildman–Crippen MR) is 156 cm³/mol. The molecule has 4 aromatic carbocycles. The van der Waals surface area contributed by atoms with Crippen molar-refractivity contribution < 1.29 is 18.8 Å². The molecular formula is C33H32FN3O3. The Kier molecular flexibility index (Phi) is 8.31. The van der Waals surface area contributed by atoms with Crippen LogP contribution in [0, 0.1) is 11.7 Å². The summed E-state index contributed by atoms with van der Waals surface area (Å²) in [5.41, 5.74) is 2.57. The van der Waals surface area contributed by atoms with E-state index >= 15 is 0 Å². The van der Waals surface area contributed by atoms with Gasteiger partial charge in [0.1, 0.15) is 5.82 Å². The van der Waals surface area contributed by atoms with E-state index < -0.39 is 0 Å². The summed E-state index contributed by atoms with van der Waals surface area (Å²) in [6, 6.07) is 26.7. The van der Waals surface area contributed by atoms with Crippen LogP contribution in [0.25, 0.3) is 10.8 Å². The van der Waals surface area contributed by atoms with Crippen LogP contribution in [0.5, 0.6) is 0 Å². The van der Waals surface area contributed by atoms with Crippen molar-refractivity contribution in [1.82, 2.24) is 4.90 Å². The molecule has 0 unspecified atom stereocenters. The van der Waals surface area contributed by atoms with Crippen LogP contribution >= 0.6 is 0 Å². The maximum Gasteiger partial charge on any atom is 0.258 e. The Morgan fingerprint density at radius 1 is 0.850 bits per heavy atom. The fraction of sp³-hybridized carbons (Fsp3) is 0.242. The van der Waals surface area contributed by atoms with E-state index in [2.05, 4.69) is 10.2 Å². The Hall–Kier alpha value is -4.36. The number of amides is 2. The molecule has 1 heterocycles. The fourth-order valence-corrected chi connectivity index (χ4v) is 5.34. The van der Waals surface area contributed by atoms with Gasteiger partial charge in [-0.3, -0.25) is 14.4 Å². The van der Waals surface area contributed by atoms with Gasteiger partial charge in [0, 0.05) is 48.1 Å². The summed E-state index contributed by atoms with van der Waals surface area (Å²) < 4.78 is 13.3. The van der Waals surface area contributed by atoms with E-state index in [9.17, 15) is 18.8 Å². The molecule has 0 atom stereocenters. The van der Waals surface area contributed by atoms with Gasteiger partial charge in [-0.2, -0.15) is 0 Å². The summed E-state index contributed by atoms with van der Waals surface area (Å²) in [7, 11) is 0. The minimum atomic E-state index is -0.347. The van der Waals surface area contributed by atoms with Crippen LogP contribution in [0.2, 0.25) is 0 Å².